The van der Waals surface area contributed by atoms with Gasteiger partial charge in [-0.05, 0) is 31.5 Å². The molecule has 0 atom stereocenters. The van der Waals surface area contributed by atoms with Crippen LogP contribution in [-0.4, -0.2) is 17.8 Å². The Morgan fingerprint density at radius 2 is 2.24 bits per heavy atom. The number of nitrogens with zero attached hydrogens (tertiary/aromatic N) is 2. The molecule has 0 N–H and O–H groups in total. The molecule has 0 aliphatic rings. The molecule has 2 aromatic rings. The summed E-state index contributed by atoms with van der Waals surface area (Å²) in [5.41, 5.74) is 1.87. The summed E-state index contributed by atoms with van der Waals surface area (Å²) in [5, 5.41) is 10.0. The quantitative estimate of drug-likeness (QED) is 0.738. The van der Waals surface area contributed by atoms with E-state index in [0.717, 1.165) is 42.6 Å². The van der Waals surface area contributed by atoms with Gasteiger partial charge in [0, 0.05) is 36.9 Å². The number of benzene rings is 1. The zero-order valence-electron chi connectivity index (χ0n) is 10.0. The van der Waals surface area contributed by atoms with Crippen molar-refractivity contribution in [1.29, 1.82) is 5.26 Å². The van der Waals surface area contributed by atoms with Gasteiger partial charge in [-0.2, -0.15) is 5.26 Å². The maximum absolute atomic E-state index is 9.01. The monoisotopic (exact) mass is 228 g/mol. The molecule has 1 aromatic heterocycles. The summed E-state index contributed by atoms with van der Waals surface area (Å²) < 4.78 is 7.50. The predicted octanol–water partition coefficient (Wildman–Crippen LogP) is 2.94. The molecule has 0 saturated heterocycles. The van der Waals surface area contributed by atoms with Gasteiger partial charge < -0.3 is 9.30 Å². The average molecular weight is 228 g/mol. The molecule has 0 fully saturated rings. The molecule has 1 heterocycles. The molecule has 0 amide bonds. The van der Waals surface area contributed by atoms with Crippen molar-refractivity contribution in [1.82, 2.24) is 4.57 Å². The van der Waals surface area contributed by atoms with Crippen LogP contribution in [0.4, 0.5) is 0 Å². The van der Waals surface area contributed by atoms with Crippen LogP contribution in [0.25, 0.3) is 10.9 Å². The van der Waals surface area contributed by atoms with E-state index in [0.29, 0.717) is 0 Å². The maximum Gasteiger partial charge on any atom is 0.0998 e. The molecule has 2 rings (SSSR count). The van der Waals surface area contributed by atoms with Crippen LogP contribution in [0.15, 0.2) is 30.5 Å². The lowest BCUT2D eigenvalue weighted by Crippen LogP contribution is -2.01. The van der Waals surface area contributed by atoms with Gasteiger partial charge in [-0.25, -0.2) is 0 Å². The van der Waals surface area contributed by atoms with E-state index in [1.54, 1.807) is 0 Å². The number of hydrogen-bond donors (Lipinski definition) is 0. The molecule has 17 heavy (non-hydrogen) atoms. The Morgan fingerprint density at radius 1 is 1.35 bits per heavy atom. The Labute approximate surface area is 101 Å². The van der Waals surface area contributed by atoms with Gasteiger partial charge in [0.2, 0.25) is 0 Å². The molecule has 0 unspecified atom stereocenters. The summed E-state index contributed by atoms with van der Waals surface area (Å²) in [6.07, 6.45) is 3.03. The smallest absolute Gasteiger partial charge is 0.0998 e. The zero-order chi connectivity index (χ0) is 12.1. The molecule has 0 saturated carbocycles. The Balaban J connectivity index is 2.17. The van der Waals surface area contributed by atoms with Gasteiger partial charge in [-0.15, -0.1) is 0 Å². The number of rotatable bonds is 5. The number of fused-ring (bicyclic) bond motifs is 1. The van der Waals surface area contributed by atoms with Gasteiger partial charge in [-0.3, -0.25) is 0 Å². The third-order valence-electron chi connectivity index (χ3n) is 2.83. The topological polar surface area (TPSA) is 38.0 Å². The predicted molar refractivity (Wildman–Crippen MR) is 67.8 cm³/mol. The van der Waals surface area contributed by atoms with Crippen molar-refractivity contribution in [2.45, 2.75) is 19.9 Å². The number of nitriles is 1. The lowest BCUT2D eigenvalue weighted by atomic mass is 10.1. The molecule has 3 heteroatoms. The summed E-state index contributed by atoms with van der Waals surface area (Å²) >= 11 is 0. The molecular weight excluding hydrogens is 212 g/mol. The van der Waals surface area contributed by atoms with Gasteiger partial charge >= 0.3 is 0 Å². The van der Waals surface area contributed by atoms with Crippen LogP contribution >= 0.6 is 0 Å². The normalized spacial score (nSPS) is 10.6. The van der Waals surface area contributed by atoms with Crippen molar-refractivity contribution in [2.24, 2.45) is 0 Å². The highest BCUT2D eigenvalue weighted by Gasteiger charge is 2.04. The van der Waals surface area contributed by atoms with Crippen molar-refractivity contribution < 1.29 is 4.74 Å². The minimum atomic E-state index is 0.742. The first kappa shape index (κ1) is 11.7. The summed E-state index contributed by atoms with van der Waals surface area (Å²) in [5.74, 6) is 0. The first-order valence-electron chi connectivity index (χ1n) is 5.92. The van der Waals surface area contributed by atoms with Crippen LogP contribution in [0.5, 0.6) is 0 Å². The average Bonchev–Trinajstić information content (AvgIpc) is 2.78. The minimum absolute atomic E-state index is 0.742. The highest BCUT2D eigenvalue weighted by atomic mass is 16.5. The Hall–Kier alpha value is -1.79. The molecule has 0 bridgehead atoms. The fourth-order valence-electron chi connectivity index (χ4n) is 2.00. The fourth-order valence-corrected chi connectivity index (χ4v) is 2.00. The number of aromatic nitrogens is 1. The number of hydrogen-bond acceptors (Lipinski definition) is 2. The van der Waals surface area contributed by atoms with E-state index < -0.39 is 0 Å². The van der Waals surface area contributed by atoms with Gasteiger partial charge in [0.1, 0.15) is 0 Å². The van der Waals surface area contributed by atoms with Gasteiger partial charge in [0.25, 0.3) is 0 Å². The molecular formula is C14H16N2O. The van der Waals surface area contributed by atoms with E-state index in [1.165, 1.54) is 0 Å². The van der Waals surface area contributed by atoms with Crippen LogP contribution in [-0.2, 0) is 11.3 Å². The molecule has 0 aliphatic carbocycles. The second-order valence-electron chi connectivity index (χ2n) is 3.91. The lowest BCUT2D eigenvalue weighted by Gasteiger charge is -2.05. The SMILES string of the molecule is CCOCCCn1ccc2c(C#N)cccc21. The van der Waals surface area contributed by atoms with Crippen LogP contribution in [0.3, 0.4) is 0 Å². The van der Waals surface area contributed by atoms with Crippen LogP contribution in [0.2, 0.25) is 0 Å². The fraction of sp³-hybridized carbons (Fsp3) is 0.357. The third kappa shape index (κ3) is 2.48. The Kier molecular flexibility index (Phi) is 3.79. The van der Waals surface area contributed by atoms with E-state index in [9.17, 15) is 0 Å². The first-order chi connectivity index (χ1) is 8.36. The third-order valence-corrected chi connectivity index (χ3v) is 2.83. The second kappa shape index (κ2) is 5.51. The van der Waals surface area contributed by atoms with Crippen molar-refractivity contribution in [2.75, 3.05) is 13.2 Å². The van der Waals surface area contributed by atoms with Gasteiger partial charge in [0.15, 0.2) is 0 Å². The molecule has 3 nitrogen and oxygen atoms in total. The Morgan fingerprint density at radius 3 is 3.00 bits per heavy atom. The molecule has 0 aliphatic heterocycles. The van der Waals surface area contributed by atoms with Crippen LogP contribution < -0.4 is 0 Å². The standard InChI is InChI=1S/C14H16N2O/c1-2-17-10-4-8-16-9-7-13-12(11-15)5-3-6-14(13)16/h3,5-7,9H,2,4,8,10H2,1H3. The molecule has 0 spiro atoms. The number of aryl methyl sites for hydroxylation is 1. The minimum Gasteiger partial charge on any atom is -0.382 e. The highest BCUT2D eigenvalue weighted by Crippen LogP contribution is 2.19. The molecule has 0 radical (unpaired) electrons. The van der Waals surface area contributed by atoms with Gasteiger partial charge in [-0.1, -0.05) is 6.07 Å². The van der Waals surface area contributed by atoms with Crippen molar-refractivity contribution in [3.8, 4) is 6.07 Å². The summed E-state index contributed by atoms with van der Waals surface area (Å²) in [6.45, 7) is 4.49. The molecule has 1 aromatic carbocycles. The van der Waals surface area contributed by atoms with Crippen molar-refractivity contribution >= 4 is 10.9 Å². The highest BCUT2D eigenvalue weighted by molar-refractivity contribution is 5.85. The largest absolute Gasteiger partial charge is 0.382 e. The van der Waals surface area contributed by atoms with Crippen LogP contribution in [0.1, 0.15) is 18.9 Å². The van der Waals surface area contributed by atoms with E-state index in [-0.39, 0.29) is 0 Å². The molecule has 88 valence electrons. The van der Waals surface area contributed by atoms with Crippen LogP contribution in [0, 0.1) is 11.3 Å². The van der Waals surface area contributed by atoms with Crippen molar-refractivity contribution in [3.05, 3.63) is 36.0 Å². The van der Waals surface area contributed by atoms with E-state index in [4.69, 9.17) is 10.00 Å². The van der Waals surface area contributed by atoms with E-state index >= 15 is 0 Å². The van der Waals surface area contributed by atoms with Gasteiger partial charge in [0.05, 0.1) is 11.6 Å². The van der Waals surface area contributed by atoms with Crippen molar-refractivity contribution in [3.63, 3.8) is 0 Å². The zero-order valence-corrected chi connectivity index (χ0v) is 10.0. The number of ether oxygens (including phenoxy) is 1. The summed E-state index contributed by atoms with van der Waals surface area (Å²) in [4.78, 5) is 0. The lowest BCUT2D eigenvalue weighted by molar-refractivity contribution is 0.142. The first-order valence-corrected chi connectivity index (χ1v) is 5.92. The second-order valence-corrected chi connectivity index (χ2v) is 3.91. The summed E-state index contributed by atoms with van der Waals surface area (Å²) in [7, 11) is 0. The van der Waals surface area contributed by atoms with E-state index in [2.05, 4.69) is 16.7 Å². The Bertz CT molecular complexity index is 537. The maximum atomic E-state index is 9.01. The van der Waals surface area contributed by atoms with E-state index in [1.807, 2.05) is 31.3 Å². The summed E-state index contributed by atoms with van der Waals surface area (Å²) in [6, 6.07) is 10.1.